The number of thiazole rings is 1. The number of hydrogen-bond donors (Lipinski definition) is 2. The molecule has 1 aromatic heterocycles. The molecule has 0 aliphatic rings. The molecule has 6 nitrogen and oxygen atoms in total. The van der Waals surface area contributed by atoms with Gasteiger partial charge >= 0.3 is 0 Å². The Labute approximate surface area is 190 Å². The molecule has 0 saturated heterocycles. The van der Waals surface area contributed by atoms with Crippen molar-refractivity contribution in [3.63, 3.8) is 0 Å². The zero-order valence-corrected chi connectivity index (χ0v) is 18.8. The fourth-order valence-corrected chi connectivity index (χ4v) is 3.86. The minimum atomic E-state index is -0.743. The highest BCUT2D eigenvalue weighted by Gasteiger charge is 2.17. The van der Waals surface area contributed by atoms with Crippen molar-refractivity contribution in [3.05, 3.63) is 82.1 Å². The molecule has 8 heteroatoms. The number of nitrogens with one attached hydrogen (secondary N) is 2. The number of ether oxygens (including phenoxy) is 1. The van der Waals surface area contributed by atoms with Crippen LogP contribution in [0, 0.1) is 12.7 Å². The third-order valence-corrected chi connectivity index (χ3v) is 5.77. The number of aryl methyl sites for hydroxylation is 1. The van der Waals surface area contributed by atoms with Crippen molar-refractivity contribution < 1.29 is 18.7 Å². The average Bonchev–Trinajstić information content (AvgIpc) is 3.12. The van der Waals surface area contributed by atoms with Gasteiger partial charge in [0.15, 0.2) is 5.13 Å². The third kappa shape index (κ3) is 6.49. The number of amides is 2. The van der Waals surface area contributed by atoms with Crippen LogP contribution in [0.4, 0.5) is 9.52 Å². The molecule has 166 valence electrons. The Hall–Kier alpha value is -3.52. The van der Waals surface area contributed by atoms with E-state index in [2.05, 4.69) is 15.6 Å². The summed E-state index contributed by atoms with van der Waals surface area (Å²) in [7, 11) is 1.59. The van der Waals surface area contributed by atoms with Crippen LogP contribution in [0.15, 0.2) is 54.6 Å². The average molecular weight is 454 g/mol. The normalized spacial score (nSPS) is 11.9. The smallest absolute Gasteiger partial charge is 0.248 e. The van der Waals surface area contributed by atoms with Crippen LogP contribution >= 0.6 is 11.3 Å². The SMILES string of the molecule is COc1ccc(/C=C/C(=O)NC(C)C(=O)Nc2nc(C)c(Cc3ccc(F)cc3)s2)cc1. The predicted octanol–water partition coefficient (Wildman–Crippen LogP) is 4.35. The number of anilines is 1. The van der Waals surface area contributed by atoms with E-state index in [0.29, 0.717) is 11.6 Å². The van der Waals surface area contributed by atoms with Crippen LogP contribution in [-0.2, 0) is 16.0 Å². The largest absolute Gasteiger partial charge is 0.497 e. The summed E-state index contributed by atoms with van der Waals surface area (Å²) in [5, 5.41) is 5.84. The zero-order valence-electron chi connectivity index (χ0n) is 18.0. The molecule has 3 rings (SSSR count). The van der Waals surface area contributed by atoms with Gasteiger partial charge in [0.2, 0.25) is 11.8 Å². The first-order valence-electron chi connectivity index (χ1n) is 9.98. The zero-order chi connectivity index (χ0) is 23.1. The minimum Gasteiger partial charge on any atom is -0.497 e. The molecule has 0 fully saturated rings. The summed E-state index contributed by atoms with van der Waals surface area (Å²) in [4.78, 5) is 30.0. The Balaban J connectivity index is 1.53. The van der Waals surface area contributed by atoms with E-state index in [4.69, 9.17) is 4.74 Å². The molecule has 0 aliphatic carbocycles. The lowest BCUT2D eigenvalue weighted by atomic mass is 10.1. The second kappa shape index (κ2) is 10.7. The summed E-state index contributed by atoms with van der Waals surface area (Å²) in [6.45, 7) is 3.47. The highest BCUT2D eigenvalue weighted by Crippen LogP contribution is 2.25. The quantitative estimate of drug-likeness (QED) is 0.497. The maximum absolute atomic E-state index is 13.1. The van der Waals surface area contributed by atoms with E-state index < -0.39 is 6.04 Å². The van der Waals surface area contributed by atoms with Crippen LogP contribution in [0.2, 0.25) is 0 Å². The van der Waals surface area contributed by atoms with Gasteiger partial charge in [0, 0.05) is 17.4 Å². The van der Waals surface area contributed by atoms with Crippen molar-refractivity contribution in [2.45, 2.75) is 26.3 Å². The molecule has 2 aromatic carbocycles. The number of halogens is 1. The molecule has 0 aliphatic heterocycles. The standard InChI is InChI=1S/C24H24FN3O3S/c1-15-21(14-18-4-9-19(25)10-5-18)32-24(27-15)28-23(30)16(2)26-22(29)13-8-17-6-11-20(31-3)12-7-17/h4-13,16H,14H2,1-3H3,(H,26,29)(H,27,28,30)/b13-8+. The number of hydrogen-bond acceptors (Lipinski definition) is 5. The number of nitrogens with zero attached hydrogens (tertiary/aromatic N) is 1. The first-order chi connectivity index (χ1) is 15.3. The molecule has 0 saturated carbocycles. The van der Waals surface area contributed by atoms with Gasteiger partial charge in [0.1, 0.15) is 17.6 Å². The van der Waals surface area contributed by atoms with E-state index in [1.54, 1.807) is 44.4 Å². The van der Waals surface area contributed by atoms with Crippen molar-refractivity contribution in [1.82, 2.24) is 10.3 Å². The second-order valence-electron chi connectivity index (χ2n) is 7.16. The van der Waals surface area contributed by atoms with E-state index >= 15 is 0 Å². The van der Waals surface area contributed by atoms with Gasteiger partial charge < -0.3 is 15.4 Å². The van der Waals surface area contributed by atoms with Gasteiger partial charge in [-0.2, -0.15) is 0 Å². The number of carbonyl (C=O) groups is 2. The van der Waals surface area contributed by atoms with Crippen molar-refractivity contribution in [2.75, 3.05) is 12.4 Å². The van der Waals surface area contributed by atoms with Gasteiger partial charge in [-0.3, -0.25) is 9.59 Å². The molecule has 1 heterocycles. The van der Waals surface area contributed by atoms with Crippen LogP contribution < -0.4 is 15.4 Å². The van der Waals surface area contributed by atoms with Gasteiger partial charge in [0.25, 0.3) is 0 Å². The number of aromatic nitrogens is 1. The van der Waals surface area contributed by atoms with Crippen molar-refractivity contribution >= 4 is 34.4 Å². The molecule has 2 N–H and O–H groups in total. The van der Waals surface area contributed by atoms with Gasteiger partial charge in [-0.05, 0) is 55.3 Å². The molecule has 0 radical (unpaired) electrons. The first-order valence-corrected chi connectivity index (χ1v) is 10.8. The topological polar surface area (TPSA) is 80.3 Å². The van der Waals surface area contributed by atoms with Crippen LogP contribution in [0.25, 0.3) is 6.08 Å². The van der Waals surface area contributed by atoms with Gasteiger partial charge in [-0.15, -0.1) is 11.3 Å². The summed E-state index contributed by atoms with van der Waals surface area (Å²) in [5.41, 5.74) is 2.60. The summed E-state index contributed by atoms with van der Waals surface area (Å²) in [5.74, 6) is -0.290. The van der Waals surface area contributed by atoms with Gasteiger partial charge in [-0.25, -0.2) is 9.37 Å². The number of rotatable bonds is 8. The minimum absolute atomic E-state index is 0.280. The maximum atomic E-state index is 13.1. The molecule has 1 atom stereocenters. The molecule has 3 aromatic rings. The Kier molecular flexibility index (Phi) is 7.72. The number of benzene rings is 2. The van der Waals surface area contributed by atoms with Crippen LogP contribution in [0.3, 0.4) is 0 Å². The Morgan fingerprint density at radius 3 is 2.50 bits per heavy atom. The number of methoxy groups -OCH3 is 1. The van der Waals surface area contributed by atoms with Crippen molar-refractivity contribution in [2.24, 2.45) is 0 Å². The molecule has 1 unspecified atom stereocenters. The molecule has 2 amide bonds. The van der Waals surface area contributed by atoms with E-state index in [1.165, 1.54) is 29.5 Å². The number of carbonyl (C=O) groups excluding carboxylic acids is 2. The molecule has 32 heavy (non-hydrogen) atoms. The Bertz CT molecular complexity index is 1110. The van der Waals surface area contributed by atoms with Gasteiger partial charge in [0.05, 0.1) is 12.8 Å². The third-order valence-electron chi connectivity index (χ3n) is 4.70. The fourth-order valence-electron chi connectivity index (χ4n) is 2.86. The lowest BCUT2D eigenvalue weighted by Crippen LogP contribution is -2.40. The lowest BCUT2D eigenvalue weighted by Gasteiger charge is -2.11. The predicted molar refractivity (Wildman–Crippen MR) is 124 cm³/mol. The monoisotopic (exact) mass is 453 g/mol. The highest BCUT2D eigenvalue weighted by atomic mass is 32.1. The molecule has 0 spiro atoms. The van der Waals surface area contributed by atoms with Crippen LogP contribution in [-0.4, -0.2) is 29.9 Å². The van der Waals surface area contributed by atoms with Crippen molar-refractivity contribution in [1.29, 1.82) is 0 Å². The Morgan fingerprint density at radius 1 is 1.16 bits per heavy atom. The summed E-state index contributed by atoms with van der Waals surface area (Å²) in [6, 6.07) is 12.8. The van der Waals surface area contributed by atoms with Gasteiger partial charge in [-0.1, -0.05) is 24.3 Å². The van der Waals surface area contributed by atoms with Crippen molar-refractivity contribution in [3.8, 4) is 5.75 Å². The first kappa shape index (κ1) is 23.1. The molecule has 0 bridgehead atoms. The highest BCUT2D eigenvalue weighted by molar-refractivity contribution is 7.15. The summed E-state index contributed by atoms with van der Waals surface area (Å²) >= 11 is 1.36. The Morgan fingerprint density at radius 2 is 1.84 bits per heavy atom. The van der Waals surface area contributed by atoms with Crippen LogP contribution in [0.5, 0.6) is 5.75 Å². The molecular formula is C24H24FN3O3S. The van der Waals surface area contributed by atoms with Crippen LogP contribution in [0.1, 0.15) is 28.6 Å². The fraction of sp³-hybridized carbons (Fsp3) is 0.208. The lowest BCUT2D eigenvalue weighted by molar-refractivity contribution is -0.123. The van der Waals surface area contributed by atoms with E-state index in [0.717, 1.165) is 27.4 Å². The van der Waals surface area contributed by atoms with E-state index in [1.807, 2.05) is 19.1 Å². The maximum Gasteiger partial charge on any atom is 0.248 e. The van der Waals surface area contributed by atoms with E-state index in [-0.39, 0.29) is 17.6 Å². The summed E-state index contributed by atoms with van der Waals surface area (Å²) < 4.78 is 18.2. The van der Waals surface area contributed by atoms with E-state index in [9.17, 15) is 14.0 Å². The second-order valence-corrected chi connectivity index (χ2v) is 8.24. The molecular weight excluding hydrogens is 429 g/mol. The summed E-state index contributed by atoms with van der Waals surface area (Å²) in [6.07, 6.45) is 3.63.